The molecule has 1 aromatic heterocycles. The Morgan fingerprint density at radius 1 is 0.959 bits per heavy atom. The molecule has 2 aromatic carbocycles. The fraction of sp³-hybridized carbons (Fsp3) is 0.500. The van der Waals surface area contributed by atoms with Gasteiger partial charge in [0.15, 0.2) is 5.78 Å². The van der Waals surface area contributed by atoms with Gasteiger partial charge in [-0.1, -0.05) is 62.8 Å². The third-order valence-electron chi connectivity index (χ3n) is 10.7. The van der Waals surface area contributed by atoms with E-state index in [1.165, 1.54) is 68.2 Å². The van der Waals surface area contributed by atoms with E-state index in [2.05, 4.69) is 43.1 Å². The van der Waals surface area contributed by atoms with Gasteiger partial charge in [-0.2, -0.15) is 0 Å². The maximum atomic E-state index is 13.1. The van der Waals surface area contributed by atoms with Gasteiger partial charge in [0.2, 0.25) is 0 Å². The van der Waals surface area contributed by atoms with Gasteiger partial charge in [-0.3, -0.25) is 30.0 Å². The Morgan fingerprint density at radius 3 is 2.29 bits per heavy atom. The number of carbonyl (C=O) groups excluding carboxylic acids is 1. The fourth-order valence-electron chi connectivity index (χ4n) is 7.54. The Labute approximate surface area is 290 Å². The summed E-state index contributed by atoms with van der Waals surface area (Å²) in [4.78, 5) is 39.2. The zero-order chi connectivity index (χ0) is 35.5. The molecule has 3 aromatic rings. The molecule has 0 aliphatic heterocycles. The second-order valence-electron chi connectivity index (χ2n) is 13.8. The van der Waals surface area contributed by atoms with E-state index >= 15 is 0 Å². The van der Waals surface area contributed by atoms with Crippen molar-refractivity contribution in [2.45, 2.75) is 105 Å². The number of nitrogens with zero attached hydrogens (tertiary/aromatic N) is 3. The topological polar surface area (TPSA) is 125 Å². The summed E-state index contributed by atoms with van der Waals surface area (Å²) < 4.78 is 5.34. The molecule has 1 heterocycles. The van der Waals surface area contributed by atoms with Crippen LogP contribution < -0.4 is 4.74 Å². The van der Waals surface area contributed by atoms with Crippen molar-refractivity contribution in [1.82, 2.24) is 4.98 Å². The molecule has 1 fully saturated rings. The maximum absolute atomic E-state index is 13.1. The van der Waals surface area contributed by atoms with Crippen molar-refractivity contribution in [2.24, 2.45) is 17.8 Å². The lowest BCUT2D eigenvalue weighted by atomic mass is 9.82. The SMILES string of the molecule is COc1ccc(CC=C(Cc2cnccc2C)C2CCCC([C@H](C)CCCCCC(=O)c3c(C)c([N+](=O)[O-])cc([N+](=O)[O-])c3C)CC2)cc1. The van der Waals surface area contributed by atoms with Crippen LogP contribution in [0.5, 0.6) is 5.75 Å². The van der Waals surface area contributed by atoms with E-state index in [1.54, 1.807) is 7.11 Å². The summed E-state index contributed by atoms with van der Waals surface area (Å²) >= 11 is 0. The molecule has 2 unspecified atom stereocenters. The Morgan fingerprint density at radius 2 is 1.65 bits per heavy atom. The third kappa shape index (κ3) is 10.1. The molecule has 3 atom stereocenters. The van der Waals surface area contributed by atoms with Gasteiger partial charge in [0.05, 0.1) is 23.0 Å². The smallest absolute Gasteiger partial charge is 0.279 e. The van der Waals surface area contributed by atoms with Gasteiger partial charge < -0.3 is 4.74 Å². The number of ketones is 1. The van der Waals surface area contributed by atoms with Gasteiger partial charge in [-0.15, -0.1) is 0 Å². The summed E-state index contributed by atoms with van der Waals surface area (Å²) in [6, 6.07) is 11.4. The van der Waals surface area contributed by atoms with Crippen LogP contribution in [0.4, 0.5) is 11.4 Å². The highest BCUT2D eigenvalue weighted by Gasteiger charge is 2.29. The van der Waals surface area contributed by atoms with Crippen LogP contribution in [0.1, 0.15) is 109 Å². The molecule has 1 aliphatic rings. The van der Waals surface area contributed by atoms with Crippen LogP contribution >= 0.6 is 0 Å². The number of hydrogen-bond acceptors (Lipinski definition) is 7. The number of allylic oxidation sites excluding steroid dienone is 2. The first-order valence-electron chi connectivity index (χ1n) is 17.7. The number of nitro groups is 2. The molecule has 0 bridgehead atoms. The van der Waals surface area contributed by atoms with Crippen molar-refractivity contribution in [3.8, 4) is 5.75 Å². The molecular formula is C40H51N3O6. The number of benzene rings is 2. The minimum atomic E-state index is -0.656. The predicted molar refractivity (Wildman–Crippen MR) is 193 cm³/mol. The van der Waals surface area contributed by atoms with E-state index in [9.17, 15) is 25.0 Å². The molecular weight excluding hydrogens is 618 g/mol. The third-order valence-corrected chi connectivity index (χ3v) is 10.7. The van der Waals surface area contributed by atoms with Crippen LogP contribution in [0.3, 0.4) is 0 Å². The zero-order valence-electron chi connectivity index (χ0n) is 29.7. The van der Waals surface area contributed by atoms with Gasteiger partial charge in [-0.05, 0) is 112 Å². The Bertz CT molecular complexity index is 1610. The molecule has 49 heavy (non-hydrogen) atoms. The highest BCUT2D eigenvalue weighted by Crippen LogP contribution is 2.38. The number of aryl methyl sites for hydroxylation is 1. The van der Waals surface area contributed by atoms with Crippen molar-refractivity contribution in [3.63, 3.8) is 0 Å². The molecule has 0 N–H and O–H groups in total. The minimum absolute atomic E-state index is 0.124. The lowest BCUT2D eigenvalue weighted by molar-refractivity contribution is -0.394. The number of methoxy groups -OCH3 is 1. The highest BCUT2D eigenvalue weighted by molar-refractivity contribution is 6.00. The molecule has 1 saturated carbocycles. The molecule has 0 saturated heterocycles. The summed E-state index contributed by atoms with van der Waals surface area (Å²) in [7, 11) is 1.69. The molecule has 9 heteroatoms. The normalized spacial score (nSPS) is 17.3. The number of unbranched alkanes of at least 4 members (excludes halogenated alkanes) is 2. The number of hydrogen-bond donors (Lipinski definition) is 0. The standard InChI is InChI=1S/C40H51N3O6/c1-27(10-7-6-8-13-39(44)40-29(3)37(42(45)46)25-38(30(40)4)43(47)48)32-11-9-12-33(19-18-32)34(24-35-26-41-23-22-28(35)2)17-14-31-15-20-36(49-5)21-16-31/h15-17,20-23,25-27,32-33H,6-14,18-19,24H2,1-5H3/t27-,32?,33?/m1/s1. The van der Waals surface area contributed by atoms with Crippen molar-refractivity contribution < 1.29 is 19.4 Å². The van der Waals surface area contributed by atoms with E-state index in [4.69, 9.17) is 4.74 Å². The van der Waals surface area contributed by atoms with E-state index < -0.39 is 9.85 Å². The average Bonchev–Trinajstić information content (AvgIpc) is 3.34. The van der Waals surface area contributed by atoms with Crippen molar-refractivity contribution in [1.29, 1.82) is 0 Å². The van der Waals surface area contributed by atoms with Crippen LogP contribution in [-0.4, -0.2) is 27.7 Å². The zero-order valence-corrected chi connectivity index (χ0v) is 29.7. The number of ether oxygens (including phenoxy) is 1. The monoisotopic (exact) mass is 669 g/mol. The summed E-state index contributed by atoms with van der Waals surface area (Å²) in [5, 5.41) is 23.0. The Balaban J connectivity index is 1.32. The average molecular weight is 670 g/mol. The predicted octanol–water partition coefficient (Wildman–Crippen LogP) is 10.2. The van der Waals surface area contributed by atoms with Gasteiger partial charge in [0, 0.05) is 35.5 Å². The van der Waals surface area contributed by atoms with Crippen molar-refractivity contribution in [3.05, 3.63) is 114 Å². The van der Waals surface area contributed by atoms with Crippen molar-refractivity contribution >= 4 is 17.2 Å². The van der Waals surface area contributed by atoms with E-state index in [0.717, 1.165) is 43.9 Å². The molecule has 0 spiro atoms. The summed E-state index contributed by atoms with van der Waals surface area (Å²) in [6.45, 7) is 7.53. The first-order valence-corrected chi connectivity index (χ1v) is 17.7. The minimum Gasteiger partial charge on any atom is -0.497 e. The first kappa shape index (κ1) is 37.4. The second-order valence-corrected chi connectivity index (χ2v) is 13.8. The largest absolute Gasteiger partial charge is 0.497 e. The number of aromatic nitrogens is 1. The van der Waals surface area contributed by atoms with Crippen molar-refractivity contribution in [2.75, 3.05) is 7.11 Å². The quantitative estimate of drug-likeness (QED) is 0.0371. The highest BCUT2D eigenvalue weighted by atomic mass is 16.6. The first-order chi connectivity index (χ1) is 23.5. The molecule has 0 amide bonds. The van der Waals surface area contributed by atoms with Crippen LogP contribution in [0.15, 0.2) is 60.4 Å². The Hall–Kier alpha value is -4.40. The number of carbonyl (C=O) groups is 1. The van der Waals surface area contributed by atoms with E-state index in [0.29, 0.717) is 24.2 Å². The molecule has 262 valence electrons. The van der Waals surface area contributed by atoms with E-state index in [1.807, 2.05) is 24.5 Å². The number of rotatable bonds is 16. The molecule has 0 radical (unpaired) electrons. The lowest BCUT2D eigenvalue weighted by Gasteiger charge is -2.23. The van der Waals surface area contributed by atoms with Gasteiger partial charge >= 0.3 is 0 Å². The summed E-state index contributed by atoms with van der Waals surface area (Å²) in [6.07, 6.45) is 18.1. The molecule has 1 aliphatic carbocycles. The second kappa shape index (κ2) is 17.8. The van der Waals surface area contributed by atoms with Gasteiger partial charge in [0.1, 0.15) is 5.75 Å². The number of nitro benzene ring substituents is 2. The fourth-order valence-corrected chi connectivity index (χ4v) is 7.54. The van der Waals surface area contributed by atoms with Gasteiger partial charge in [-0.25, -0.2) is 0 Å². The van der Waals surface area contributed by atoms with Crippen LogP contribution in [0.2, 0.25) is 0 Å². The Kier molecular flexibility index (Phi) is 13.6. The maximum Gasteiger partial charge on any atom is 0.279 e. The van der Waals surface area contributed by atoms with Crippen LogP contribution in [-0.2, 0) is 12.8 Å². The number of pyridine rings is 1. The lowest BCUT2D eigenvalue weighted by Crippen LogP contribution is -2.12. The molecule has 4 rings (SSSR count). The molecule has 9 nitrogen and oxygen atoms in total. The van der Waals surface area contributed by atoms with Crippen LogP contribution in [0.25, 0.3) is 0 Å². The van der Waals surface area contributed by atoms with Gasteiger partial charge in [0.25, 0.3) is 11.4 Å². The number of Topliss-reactive ketones (excluding diaryl/α,β-unsaturated/α-hetero) is 1. The van der Waals surface area contributed by atoms with E-state index in [-0.39, 0.29) is 40.3 Å². The van der Waals surface area contributed by atoms with Crippen LogP contribution in [0, 0.1) is 58.8 Å². The summed E-state index contributed by atoms with van der Waals surface area (Å²) in [5.41, 5.74) is 5.14. The summed E-state index contributed by atoms with van der Waals surface area (Å²) in [5.74, 6) is 2.42.